The van der Waals surface area contributed by atoms with E-state index in [0.717, 1.165) is 38.5 Å². The second-order valence-electron chi connectivity index (χ2n) is 12.0. The van der Waals surface area contributed by atoms with E-state index in [1.807, 2.05) is 6.08 Å². The summed E-state index contributed by atoms with van der Waals surface area (Å²) in [4.78, 5) is 27.9. The molecule has 0 aliphatic heterocycles. The van der Waals surface area contributed by atoms with Gasteiger partial charge >= 0.3 is 0 Å². The number of hydrogen-bond acceptors (Lipinski definition) is 4. The van der Waals surface area contributed by atoms with Gasteiger partial charge in [-0.1, -0.05) is 31.6 Å². The molecule has 0 spiro atoms. The van der Waals surface area contributed by atoms with Crippen LogP contribution in [-0.4, -0.2) is 42.2 Å². The molecule has 0 bridgehead atoms. The van der Waals surface area contributed by atoms with E-state index in [9.17, 15) is 14.1 Å². The van der Waals surface area contributed by atoms with Crippen LogP contribution in [0, 0.1) is 22.7 Å². The first-order valence-electron chi connectivity index (χ1n) is 13.1. The maximum absolute atomic E-state index is 13.6. The van der Waals surface area contributed by atoms with E-state index >= 15 is 0 Å². The third kappa shape index (κ3) is 3.94. The predicted molar refractivity (Wildman–Crippen MR) is 143 cm³/mol. The molecular formula is C30H39NO3S. The smallest absolute Gasteiger partial charge is 0.188 e. The summed E-state index contributed by atoms with van der Waals surface area (Å²) in [6, 6.07) is 8.95. The van der Waals surface area contributed by atoms with Gasteiger partial charge in [-0.25, -0.2) is 0 Å². The van der Waals surface area contributed by atoms with Crippen LogP contribution in [0.1, 0.15) is 70.3 Å². The Morgan fingerprint density at radius 2 is 1.83 bits per heavy atom. The molecule has 0 radical (unpaired) electrons. The van der Waals surface area contributed by atoms with Crippen LogP contribution in [0.5, 0.6) is 0 Å². The summed E-state index contributed by atoms with van der Waals surface area (Å²) in [6.45, 7) is 4.53. The average molecular weight is 494 g/mol. The normalized spacial score (nSPS) is 35.1. The van der Waals surface area contributed by atoms with Crippen molar-refractivity contribution in [3.63, 3.8) is 0 Å². The van der Waals surface area contributed by atoms with Gasteiger partial charge in [0.15, 0.2) is 17.3 Å². The van der Waals surface area contributed by atoms with Crippen LogP contribution in [0.3, 0.4) is 0 Å². The number of ketones is 2. The Morgan fingerprint density at radius 3 is 2.49 bits per heavy atom. The van der Waals surface area contributed by atoms with Crippen molar-refractivity contribution in [1.29, 1.82) is 0 Å². The maximum Gasteiger partial charge on any atom is 0.188 e. The zero-order valence-electron chi connectivity index (χ0n) is 21.9. The standard InChI is InChI=1S/C30H39NO3S/c1-29(27(33)18-35(5)34)15-14-26-24-12-8-20-16-22(32)11-13-23(20)28(24)25(17-30(26,29)2)19-6-9-21(10-7-19)31(3)4/h6-7,9-10,16,24-26H,8,11-15,17-18H2,1-5H3/t24?,25?,26?,29-,30+,35?/m1/s1. The van der Waals surface area contributed by atoms with Crippen molar-refractivity contribution in [2.45, 2.75) is 64.7 Å². The van der Waals surface area contributed by atoms with Crippen molar-refractivity contribution < 1.29 is 14.1 Å². The Morgan fingerprint density at radius 1 is 1.11 bits per heavy atom. The minimum absolute atomic E-state index is 0.130. The minimum atomic E-state index is -1.12. The van der Waals surface area contributed by atoms with Crippen molar-refractivity contribution in [3.8, 4) is 0 Å². The topological polar surface area (TPSA) is 60.4 Å². The summed E-state index contributed by atoms with van der Waals surface area (Å²) in [5.41, 5.74) is 6.20. The van der Waals surface area contributed by atoms with Gasteiger partial charge in [0.1, 0.15) is 0 Å². The van der Waals surface area contributed by atoms with Crippen LogP contribution >= 0.6 is 0 Å². The number of benzene rings is 1. The number of Topliss-reactive ketones (excluding diaryl/α,β-unsaturated/α-hetero) is 1. The largest absolute Gasteiger partial charge is 0.616 e. The summed E-state index contributed by atoms with van der Waals surface area (Å²) < 4.78 is 12.0. The van der Waals surface area contributed by atoms with Crippen LogP contribution in [0.25, 0.3) is 0 Å². The molecule has 4 unspecified atom stereocenters. The van der Waals surface area contributed by atoms with Gasteiger partial charge in [-0.05, 0) is 102 Å². The number of hydrogen-bond donors (Lipinski definition) is 0. The van der Waals surface area contributed by atoms with Crippen molar-refractivity contribution in [2.24, 2.45) is 22.7 Å². The van der Waals surface area contributed by atoms with Crippen LogP contribution in [0.15, 0.2) is 47.1 Å². The second kappa shape index (κ2) is 8.92. The molecule has 0 aromatic heterocycles. The summed E-state index contributed by atoms with van der Waals surface area (Å²) in [7, 11) is 4.12. The van der Waals surface area contributed by atoms with Gasteiger partial charge in [0, 0.05) is 37.5 Å². The highest BCUT2D eigenvalue weighted by Crippen LogP contribution is 2.69. The monoisotopic (exact) mass is 493 g/mol. The van der Waals surface area contributed by atoms with E-state index < -0.39 is 16.6 Å². The van der Waals surface area contributed by atoms with E-state index in [1.54, 1.807) is 11.8 Å². The van der Waals surface area contributed by atoms with Crippen molar-refractivity contribution in [1.82, 2.24) is 0 Å². The SMILES string of the molecule is CN(C)c1ccc(C2C[C@@]3(C)C(CC[C@]3(C)C(=O)C[S+](C)[O-])C3CCC4=CC(=O)CCC4=C23)cc1. The highest BCUT2D eigenvalue weighted by atomic mass is 32.2. The van der Waals surface area contributed by atoms with Gasteiger partial charge in [0.25, 0.3) is 0 Å². The average Bonchev–Trinajstić information content (AvgIpc) is 3.09. The number of carbonyl (C=O) groups is 2. The molecule has 5 rings (SSSR count). The molecule has 188 valence electrons. The van der Waals surface area contributed by atoms with Crippen LogP contribution in [0.2, 0.25) is 0 Å². The number of fused-ring (bicyclic) bond motifs is 4. The Kier molecular flexibility index (Phi) is 6.32. The van der Waals surface area contributed by atoms with Gasteiger partial charge < -0.3 is 9.45 Å². The molecule has 6 atom stereocenters. The molecule has 35 heavy (non-hydrogen) atoms. The molecule has 0 heterocycles. The number of rotatable bonds is 5. The fourth-order valence-electron chi connectivity index (χ4n) is 8.01. The molecule has 0 amide bonds. The Labute approximate surface area is 213 Å². The maximum atomic E-state index is 13.6. The Bertz CT molecular complexity index is 1100. The first-order valence-corrected chi connectivity index (χ1v) is 14.8. The molecule has 1 aromatic rings. The molecule has 4 aliphatic carbocycles. The van der Waals surface area contributed by atoms with E-state index in [2.05, 4.69) is 57.1 Å². The minimum Gasteiger partial charge on any atom is -0.616 e. The predicted octanol–water partition coefficient (Wildman–Crippen LogP) is 5.61. The summed E-state index contributed by atoms with van der Waals surface area (Å²) >= 11 is -1.12. The van der Waals surface area contributed by atoms with Crippen molar-refractivity contribution in [3.05, 3.63) is 52.6 Å². The Balaban J connectivity index is 1.64. The van der Waals surface area contributed by atoms with Crippen molar-refractivity contribution >= 4 is 28.4 Å². The first kappa shape index (κ1) is 24.8. The molecule has 2 fully saturated rings. The molecular weight excluding hydrogens is 454 g/mol. The lowest BCUT2D eigenvalue weighted by Crippen LogP contribution is -2.51. The van der Waals surface area contributed by atoms with Crippen LogP contribution in [-0.2, 0) is 20.8 Å². The van der Waals surface area contributed by atoms with Gasteiger partial charge in [-0.15, -0.1) is 0 Å². The van der Waals surface area contributed by atoms with Gasteiger partial charge in [-0.2, -0.15) is 0 Å². The highest BCUT2D eigenvalue weighted by Gasteiger charge is 2.64. The van der Waals surface area contributed by atoms with E-state index in [-0.39, 0.29) is 28.7 Å². The zero-order chi connectivity index (χ0) is 25.1. The third-order valence-electron chi connectivity index (χ3n) is 10.1. The molecule has 2 saturated carbocycles. The highest BCUT2D eigenvalue weighted by molar-refractivity contribution is 7.91. The van der Waals surface area contributed by atoms with E-state index in [4.69, 9.17) is 0 Å². The molecule has 0 saturated heterocycles. The van der Waals surface area contributed by atoms with Crippen molar-refractivity contribution in [2.75, 3.05) is 31.0 Å². The first-order chi connectivity index (χ1) is 16.5. The molecule has 5 heteroatoms. The van der Waals surface area contributed by atoms with Gasteiger partial charge in [-0.3, -0.25) is 9.59 Å². The molecule has 4 nitrogen and oxygen atoms in total. The fourth-order valence-corrected chi connectivity index (χ4v) is 8.70. The molecule has 1 aromatic carbocycles. The number of carbonyl (C=O) groups excluding carboxylic acids is 2. The summed E-state index contributed by atoms with van der Waals surface area (Å²) in [6.07, 6.45) is 9.95. The lowest BCUT2D eigenvalue weighted by Gasteiger charge is -2.55. The lowest BCUT2D eigenvalue weighted by molar-refractivity contribution is -0.134. The summed E-state index contributed by atoms with van der Waals surface area (Å²) in [5, 5.41) is 0. The molecule has 0 N–H and O–H groups in total. The van der Waals surface area contributed by atoms with Gasteiger partial charge in [0.2, 0.25) is 0 Å². The van der Waals surface area contributed by atoms with Gasteiger partial charge in [0.05, 0.1) is 6.26 Å². The lowest BCUT2D eigenvalue weighted by atomic mass is 9.48. The number of nitrogens with zero attached hydrogens (tertiary/aromatic N) is 1. The van der Waals surface area contributed by atoms with Crippen LogP contribution in [0.4, 0.5) is 5.69 Å². The van der Waals surface area contributed by atoms with E-state index in [0.29, 0.717) is 18.3 Å². The zero-order valence-corrected chi connectivity index (χ0v) is 22.7. The fraction of sp³-hybridized carbons (Fsp3) is 0.600. The quantitative estimate of drug-likeness (QED) is 0.501. The van der Waals surface area contributed by atoms with Crippen LogP contribution < -0.4 is 4.90 Å². The number of anilines is 1. The summed E-state index contributed by atoms with van der Waals surface area (Å²) in [5.74, 6) is 1.77. The second-order valence-corrected chi connectivity index (χ2v) is 13.4. The van der Waals surface area contributed by atoms with E-state index in [1.165, 1.54) is 22.4 Å². The Hall–Kier alpha value is -1.85. The molecule has 4 aliphatic rings. The third-order valence-corrected chi connectivity index (χ3v) is 10.8. The number of allylic oxidation sites excluding steroid dienone is 4.